The van der Waals surface area contributed by atoms with E-state index in [1.54, 1.807) is 6.26 Å². The molecule has 1 aliphatic heterocycles. The molecule has 0 atom stereocenters. The molecule has 1 aromatic rings. The topological polar surface area (TPSA) is 19.6 Å². The lowest BCUT2D eigenvalue weighted by Crippen LogP contribution is -2.33. The molecule has 2 rings (SSSR count). The summed E-state index contributed by atoms with van der Waals surface area (Å²) in [5.41, 5.74) is 1.01. The SMILES string of the molecule is [CH2]C1=CCN(c2ccco2)N1C. The summed E-state index contributed by atoms with van der Waals surface area (Å²) in [6.07, 6.45) is 3.73. The highest BCUT2D eigenvalue weighted by Crippen LogP contribution is 2.22. The second-order valence-electron chi connectivity index (χ2n) is 2.75. The molecule has 0 bridgehead atoms. The smallest absolute Gasteiger partial charge is 0.214 e. The van der Waals surface area contributed by atoms with E-state index in [0.29, 0.717) is 0 Å². The third-order valence-electron chi connectivity index (χ3n) is 2.04. The number of hydrazine groups is 1. The molecule has 0 saturated heterocycles. The quantitative estimate of drug-likeness (QED) is 0.627. The van der Waals surface area contributed by atoms with Gasteiger partial charge in [0.05, 0.1) is 12.8 Å². The van der Waals surface area contributed by atoms with Crippen molar-refractivity contribution in [2.45, 2.75) is 0 Å². The summed E-state index contributed by atoms with van der Waals surface area (Å²) in [6.45, 7) is 4.72. The molecule has 3 heteroatoms. The highest BCUT2D eigenvalue weighted by Gasteiger charge is 2.18. The minimum absolute atomic E-state index is 0.836. The predicted octanol–water partition coefficient (Wildman–Crippen LogP) is 1.66. The lowest BCUT2D eigenvalue weighted by molar-refractivity contribution is 0.391. The zero-order valence-electron chi connectivity index (χ0n) is 7.03. The second-order valence-corrected chi connectivity index (χ2v) is 2.75. The van der Waals surface area contributed by atoms with Gasteiger partial charge in [-0.2, -0.15) is 0 Å². The van der Waals surface area contributed by atoms with Crippen LogP contribution in [0.25, 0.3) is 0 Å². The van der Waals surface area contributed by atoms with Crippen molar-refractivity contribution >= 4 is 5.88 Å². The third-order valence-corrected chi connectivity index (χ3v) is 2.04. The van der Waals surface area contributed by atoms with Gasteiger partial charge < -0.3 is 4.42 Å². The summed E-state index contributed by atoms with van der Waals surface area (Å²) in [5.74, 6) is 0.854. The van der Waals surface area contributed by atoms with Crippen molar-refractivity contribution in [1.82, 2.24) is 5.01 Å². The van der Waals surface area contributed by atoms with Gasteiger partial charge >= 0.3 is 0 Å². The fourth-order valence-corrected chi connectivity index (χ4v) is 1.26. The highest BCUT2D eigenvalue weighted by atomic mass is 16.4. The van der Waals surface area contributed by atoms with Crippen LogP contribution < -0.4 is 5.01 Å². The predicted molar refractivity (Wildman–Crippen MR) is 47.3 cm³/mol. The van der Waals surface area contributed by atoms with Crippen molar-refractivity contribution in [2.24, 2.45) is 0 Å². The van der Waals surface area contributed by atoms with E-state index < -0.39 is 0 Å². The lowest BCUT2D eigenvalue weighted by atomic mass is 10.5. The molecule has 0 unspecified atom stereocenters. The lowest BCUT2D eigenvalue weighted by Gasteiger charge is -2.26. The van der Waals surface area contributed by atoms with Crippen molar-refractivity contribution in [3.8, 4) is 0 Å². The van der Waals surface area contributed by atoms with E-state index in [-0.39, 0.29) is 0 Å². The van der Waals surface area contributed by atoms with Gasteiger partial charge in [-0.15, -0.1) is 0 Å². The van der Waals surface area contributed by atoms with Crippen LogP contribution in [0.3, 0.4) is 0 Å². The van der Waals surface area contributed by atoms with Gasteiger partial charge in [-0.05, 0) is 19.1 Å². The minimum atomic E-state index is 0.836. The van der Waals surface area contributed by atoms with Crippen molar-refractivity contribution in [1.29, 1.82) is 0 Å². The fraction of sp³-hybridized carbons (Fsp3) is 0.222. The summed E-state index contributed by atoms with van der Waals surface area (Å²) in [6, 6.07) is 3.81. The molecule has 63 valence electrons. The average Bonchev–Trinajstić information content (AvgIpc) is 2.64. The van der Waals surface area contributed by atoms with Crippen molar-refractivity contribution in [3.05, 3.63) is 37.1 Å². The van der Waals surface area contributed by atoms with Crippen LogP contribution in [0.5, 0.6) is 0 Å². The van der Waals surface area contributed by atoms with Gasteiger partial charge in [0.1, 0.15) is 0 Å². The monoisotopic (exact) mass is 163 g/mol. The largest absolute Gasteiger partial charge is 0.447 e. The van der Waals surface area contributed by atoms with E-state index in [1.165, 1.54) is 0 Å². The zero-order valence-corrected chi connectivity index (χ0v) is 7.03. The summed E-state index contributed by atoms with van der Waals surface area (Å²) in [5, 5.41) is 3.99. The molecule has 0 N–H and O–H groups in total. The van der Waals surface area contributed by atoms with E-state index in [0.717, 1.165) is 18.1 Å². The molecule has 0 aromatic carbocycles. The maximum Gasteiger partial charge on any atom is 0.214 e. The first kappa shape index (κ1) is 7.28. The molecule has 0 aliphatic carbocycles. The number of rotatable bonds is 1. The van der Waals surface area contributed by atoms with Crippen LogP contribution in [0.2, 0.25) is 0 Å². The van der Waals surface area contributed by atoms with Crippen LogP contribution in [0.1, 0.15) is 0 Å². The van der Waals surface area contributed by atoms with E-state index >= 15 is 0 Å². The molecule has 0 amide bonds. The number of allylic oxidation sites excluding steroid dienone is 1. The van der Waals surface area contributed by atoms with Crippen LogP contribution in [-0.2, 0) is 0 Å². The standard InChI is InChI=1S/C9H11N2O/c1-8-5-6-11(10(8)2)9-4-3-7-12-9/h3-5,7H,1,6H2,2H3. The molecule has 2 heterocycles. The summed E-state index contributed by atoms with van der Waals surface area (Å²) < 4.78 is 5.26. The zero-order chi connectivity index (χ0) is 8.55. The van der Waals surface area contributed by atoms with Crippen molar-refractivity contribution in [3.63, 3.8) is 0 Å². The van der Waals surface area contributed by atoms with E-state index in [4.69, 9.17) is 4.42 Å². The van der Waals surface area contributed by atoms with Crippen LogP contribution in [-0.4, -0.2) is 18.6 Å². The van der Waals surface area contributed by atoms with E-state index in [2.05, 4.69) is 13.0 Å². The molecule has 1 aliphatic rings. The first-order chi connectivity index (χ1) is 5.79. The third kappa shape index (κ3) is 0.978. The van der Waals surface area contributed by atoms with Gasteiger partial charge in [-0.3, -0.25) is 10.0 Å². The molecule has 12 heavy (non-hydrogen) atoms. The van der Waals surface area contributed by atoms with Crippen LogP contribution in [0.4, 0.5) is 5.88 Å². The molecule has 0 fully saturated rings. The maximum atomic E-state index is 5.26. The number of hydrogen-bond acceptors (Lipinski definition) is 3. The Bertz CT molecular complexity index is 289. The van der Waals surface area contributed by atoms with Crippen LogP contribution >= 0.6 is 0 Å². The number of furan rings is 1. The summed E-state index contributed by atoms with van der Waals surface area (Å²) in [7, 11) is 1.97. The molecule has 0 saturated carbocycles. The Balaban J connectivity index is 2.20. The minimum Gasteiger partial charge on any atom is -0.447 e. The Labute approximate surface area is 71.8 Å². The van der Waals surface area contributed by atoms with Crippen LogP contribution in [0, 0.1) is 6.92 Å². The fourth-order valence-electron chi connectivity index (χ4n) is 1.26. The first-order valence-electron chi connectivity index (χ1n) is 3.86. The molecule has 0 spiro atoms. The normalized spacial score (nSPS) is 17.0. The Kier molecular flexibility index (Phi) is 1.57. The molecule has 1 aromatic heterocycles. The molecular formula is C9H11N2O. The Morgan fingerprint density at radius 3 is 2.92 bits per heavy atom. The average molecular weight is 163 g/mol. The van der Waals surface area contributed by atoms with Gasteiger partial charge in [-0.1, -0.05) is 0 Å². The maximum absolute atomic E-state index is 5.26. The summed E-state index contributed by atoms with van der Waals surface area (Å²) >= 11 is 0. The number of nitrogens with zero attached hydrogens (tertiary/aromatic N) is 2. The summed E-state index contributed by atoms with van der Waals surface area (Å²) in [4.78, 5) is 0. The van der Waals surface area contributed by atoms with Crippen molar-refractivity contribution in [2.75, 3.05) is 18.6 Å². The highest BCUT2D eigenvalue weighted by molar-refractivity contribution is 5.38. The Morgan fingerprint density at radius 2 is 2.42 bits per heavy atom. The first-order valence-corrected chi connectivity index (χ1v) is 3.86. The van der Waals surface area contributed by atoms with Gasteiger partial charge in [0.15, 0.2) is 0 Å². The molecule has 3 nitrogen and oxygen atoms in total. The molecular weight excluding hydrogens is 152 g/mol. The van der Waals surface area contributed by atoms with E-state index in [9.17, 15) is 0 Å². The van der Waals surface area contributed by atoms with E-state index in [1.807, 2.05) is 29.2 Å². The Morgan fingerprint density at radius 1 is 1.58 bits per heavy atom. The van der Waals surface area contributed by atoms with Gasteiger partial charge in [0.2, 0.25) is 5.88 Å². The number of anilines is 1. The van der Waals surface area contributed by atoms with Gasteiger partial charge in [-0.25, -0.2) is 0 Å². The Hall–Kier alpha value is -1.38. The van der Waals surface area contributed by atoms with Crippen LogP contribution in [0.15, 0.2) is 34.6 Å². The molecule has 1 radical (unpaired) electrons. The second kappa shape index (κ2) is 2.59. The van der Waals surface area contributed by atoms with Gasteiger partial charge in [0.25, 0.3) is 0 Å². The van der Waals surface area contributed by atoms with Crippen molar-refractivity contribution < 1.29 is 4.42 Å². The van der Waals surface area contributed by atoms with Gasteiger partial charge in [0, 0.05) is 18.8 Å². The number of hydrogen-bond donors (Lipinski definition) is 0.